The third-order valence-corrected chi connectivity index (χ3v) is 7.39. The lowest BCUT2D eigenvalue weighted by atomic mass is 9.94. The largest absolute Gasteiger partial charge is 0.481 e. The highest BCUT2D eigenvalue weighted by atomic mass is 32.1. The Balaban J connectivity index is 1.29. The molecule has 1 atom stereocenters. The average Bonchev–Trinajstić information content (AvgIpc) is 3.53. The summed E-state index contributed by atoms with van der Waals surface area (Å²) in [6.45, 7) is 4.74. The number of carboxylic acids is 1. The van der Waals surface area contributed by atoms with E-state index in [-0.39, 0.29) is 0 Å². The van der Waals surface area contributed by atoms with Crippen LogP contribution in [0.3, 0.4) is 0 Å². The molecule has 1 unspecified atom stereocenters. The number of pyridine rings is 1. The lowest BCUT2D eigenvalue weighted by Gasteiger charge is -2.09. The quantitative estimate of drug-likeness (QED) is 0.222. The van der Waals surface area contributed by atoms with E-state index in [1.807, 2.05) is 73.8 Å². The molecule has 0 radical (unpaired) electrons. The molecule has 8 heteroatoms. The number of aliphatic carboxylic acids is 1. The third kappa shape index (κ3) is 5.65. The number of thiazole rings is 1. The van der Waals surface area contributed by atoms with Crippen LogP contribution < -0.4 is 4.74 Å². The van der Waals surface area contributed by atoms with Gasteiger partial charge >= 0.3 is 5.97 Å². The molecule has 1 N–H and O–H groups in total. The predicted molar refractivity (Wildman–Crippen MR) is 148 cm³/mol. The first kappa shape index (κ1) is 25.4. The van der Waals surface area contributed by atoms with Gasteiger partial charge in [0.25, 0.3) is 0 Å². The summed E-state index contributed by atoms with van der Waals surface area (Å²) in [4.78, 5) is 22.3. The molecule has 2 aromatic carbocycles. The molecule has 0 fully saturated rings. The summed E-state index contributed by atoms with van der Waals surface area (Å²) in [6, 6.07) is 23.6. The fourth-order valence-electron chi connectivity index (χ4n) is 4.31. The first-order chi connectivity index (χ1) is 18.5. The molecule has 192 valence electrons. The molecule has 0 bridgehead atoms. The Morgan fingerprint density at radius 2 is 1.74 bits per heavy atom. The number of hydrogen-bond donors (Lipinski definition) is 1. The molecule has 5 aromatic rings. The van der Waals surface area contributed by atoms with Crippen molar-refractivity contribution in [1.82, 2.24) is 19.7 Å². The zero-order valence-electron chi connectivity index (χ0n) is 21.2. The molecule has 5 rings (SSSR count). The van der Waals surface area contributed by atoms with Gasteiger partial charge in [0.05, 0.1) is 23.9 Å². The number of carbonyl (C=O) groups is 1. The fourth-order valence-corrected chi connectivity index (χ4v) is 5.23. The van der Waals surface area contributed by atoms with E-state index < -0.39 is 11.9 Å². The van der Waals surface area contributed by atoms with Crippen molar-refractivity contribution in [2.75, 3.05) is 0 Å². The van der Waals surface area contributed by atoms with Gasteiger partial charge in [0.2, 0.25) is 5.88 Å². The summed E-state index contributed by atoms with van der Waals surface area (Å²) >= 11 is 1.66. The van der Waals surface area contributed by atoms with Crippen LogP contribution in [0.2, 0.25) is 0 Å². The molecule has 0 aliphatic carbocycles. The van der Waals surface area contributed by atoms with Crippen LogP contribution in [0.25, 0.3) is 21.8 Å². The number of benzene rings is 2. The van der Waals surface area contributed by atoms with Gasteiger partial charge in [-0.2, -0.15) is 5.10 Å². The normalized spacial score (nSPS) is 11.8. The van der Waals surface area contributed by atoms with Crippen molar-refractivity contribution in [3.05, 3.63) is 107 Å². The van der Waals surface area contributed by atoms with Crippen LogP contribution in [0.5, 0.6) is 5.88 Å². The SMILES string of the molecule is CCC(C(=O)O)c1cn(Cc2ccc(OCc3nc(-c4ccccc4)sc3C)nc2)nc1-c1ccccc1. The van der Waals surface area contributed by atoms with Crippen LogP contribution >= 0.6 is 11.3 Å². The fraction of sp³-hybridized carbons (Fsp3) is 0.200. The summed E-state index contributed by atoms with van der Waals surface area (Å²) in [7, 11) is 0. The zero-order valence-corrected chi connectivity index (χ0v) is 22.1. The number of hydrogen-bond acceptors (Lipinski definition) is 6. The first-order valence-electron chi connectivity index (χ1n) is 12.5. The van der Waals surface area contributed by atoms with E-state index in [1.54, 1.807) is 22.2 Å². The van der Waals surface area contributed by atoms with E-state index in [1.165, 1.54) is 0 Å². The van der Waals surface area contributed by atoms with E-state index in [0.29, 0.717) is 36.7 Å². The molecule has 0 aliphatic heterocycles. The van der Waals surface area contributed by atoms with Gasteiger partial charge < -0.3 is 9.84 Å². The molecule has 3 heterocycles. The second-order valence-electron chi connectivity index (χ2n) is 8.98. The smallest absolute Gasteiger partial charge is 0.311 e. The molecular weight excluding hydrogens is 496 g/mol. The number of ether oxygens (including phenoxy) is 1. The van der Waals surface area contributed by atoms with E-state index >= 15 is 0 Å². The first-order valence-corrected chi connectivity index (χ1v) is 13.3. The van der Waals surface area contributed by atoms with E-state index in [0.717, 1.165) is 32.3 Å². The molecule has 7 nitrogen and oxygen atoms in total. The summed E-state index contributed by atoms with van der Waals surface area (Å²) in [5.41, 5.74) is 5.25. The molecule has 38 heavy (non-hydrogen) atoms. The Labute approximate surface area is 225 Å². The molecule has 0 saturated carbocycles. The summed E-state index contributed by atoms with van der Waals surface area (Å²) in [5.74, 6) is -0.950. The van der Waals surface area contributed by atoms with Crippen LogP contribution in [-0.4, -0.2) is 30.8 Å². The molecule has 0 saturated heterocycles. The Kier molecular flexibility index (Phi) is 7.60. The van der Waals surface area contributed by atoms with Gasteiger partial charge in [0.15, 0.2) is 0 Å². The highest BCUT2D eigenvalue weighted by Crippen LogP contribution is 2.31. The number of carboxylic acid groups (broad SMARTS) is 1. The lowest BCUT2D eigenvalue weighted by molar-refractivity contribution is -0.138. The number of rotatable bonds is 10. The maximum atomic E-state index is 11.9. The topological polar surface area (TPSA) is 90.1 Å². The van der Waals surface area contributed by atoms with Gasteiger partial charge in [-0.1, -0.05) is 73.7 Å². The number of aryl methyl sites for hydroxylation is 1. The maximum Gasteiger partial charge on any atom is 0.311 e. The van der Waals surface area contributed by atoms with Crippen LogP contribution in [0.15, 0.2) is 85.2 Å². The van der Waals surface area contributed by atoms with E-state index in [9.17, 15) is 9.90 Å². The number of nitrogens with zero attached hydrogens (tertiary/aromatic N) is 4. The Bertz CT molecular complexity index is 1510. The second-order valence-corrected chi connectivity index (χ2v) is 10.2. The zero-order chi connectivity index (χ0) is 26.5. The summed E-state index contributed by atoms with van der Waals surface area (Å²) < 4.78 is 7.71. The molecule has 0 spiro atoms. The van der Waals surface area contributed by atoms with Gasteiger partial charge in [0, 0.05) is 40.0 Å². The minimum Gasteiger partial charge on any atom is -0.481 e. The van der Waals surface area contributed by atoms with Crippen LogP contribution in [0.1, 0.15) is 41.0 Å². The number of aromatic nitrogens is 4. The average molecular weight is 525 g/mol. The highest BCUT2D eigenvalue weighted by molar-refractivity contribution is 7.15. The lowest BCUT2D eigenvalue weighted by Crippen LogP contribution is -2.10. The van der Waals surface area contributed by atoms with Crippen LogP contribution in [-0.2, 0) is 17.9 Å². The standard InChI is InChI=1S/C30H28N4O3S/c1-3-24(30(35)36)25-18-34(33-28(25)22-10-6-4-7-11-22)17-21-14-15-27(31-16-21)37-19-26-20(2)38-29(32-26)23-12-8-5-9-13-23/h4-16,18,24H,3,17,19H2,1-2H3,(H,35,36). The van der Waals surface area contributed by atoms with Crippen LogP contribution in [0.4, 0.5) is 0 Å². The van der Waals surface area contributed by atoms with Gasteiger partial charge in [0.1, 0.15) is 11.6 Å². The van der Waals surface area contributed by atoms with Crippen molar-refractivity contribution in [3.8, 4) is 27.7 Å². The van der Waals surface area contributed by atoms with E-state index in [2.05, 4.69) is 24.0 Å². The van der Waals surface area contributed by atoms with Crippen molar-refractivity contribution in [2.24, 2.45) is 0 Å². The summed E-state index contributed by atoms with van der Waals surface area (Å²) in [6.07, 6.45) is 4.08. The van der Waals surface area contributed by atoms with Crippen molar-refractivity contribution >= 4 is 17.3 Å². The van der Waals surface area contributed by atoms with Crippen molar-refractivity contribution in [2.45, 2.75) is 39.3 Å². The predicted octanol–water partition coefficient (Wildman–Crippen LogP) is 6.58. The van der Waals surface area contributed by atoms with Crippen molar-refractivity contribution in [1.29, 1.82) is 0 Å². The van der Waals surface area contributed by atoms with Gasteiger partial charge in [-0.05, 0) is 18.9 Å². The molecule has 3 aromatic heterocycles. The monoisotopic (exact) mass is 524 g/mol. The summed E-state index contributed by atoms with van der Waals surface area (Å²) in [5, 5.41) is 15.5. The third-order valence-electron chi connectivity index (χ3n) is 6.33. The molecule has 0 amide bonds. The highest BCUT2D eigenvalue weighted by Gasteiger charge is 2.24. The molecular formula is C30H28N4O3S. The van der Waals surface area contributed by atoms with Gasteiger partial charge in [-0.3, -0.25) is 9.48 Å². The minimum atomic E-state index is -0.848. The van der Waals surface area contributed by atoms with Crippen LogP contribution in [0, 0.1) is 6.92 Å². The molecule has 0 aliphatic rings. The Hall–Kier alpha value is -4.30. The van der Waals surface area contributed by atoms with Crippen molar-refractivity contribution in [3.63, 3.8) is 0 Å². The second kappa shape index (κ2) is 11.4. The van der Waals surface area contributed by atoms with E-state index in [4.69, 9.17) is 14.8 Å². The Morgan fingerprint density at radius 1 is 1.03 bits per heavy atom. The van der Waals surface area contributed by atoms with Gasteiger partial charge in [-0.15, -0.1) is 11.3 Å². The minimum absolute atomic E-state index is 0.345. The van der Waals surface area contributed by atoms with Gasteiger partial charge in [-0.25, -0.2) is 9.97 Å². The van der Waals surface area contributed by atoms with Crippen molar-refractivity contribution < 1.29 is 14.6 Å². The maximum absolute atomic E-state index is 11.9. The Morgan fingerprint density at radius 3 is 2.37 bits per heavy atom.